The van der Waals surface area contributed by atoms with Crippen molar-refractivity contribution in [3.8, 4) is 11.8 Å². The average molecular weight is 308 g/mol. The van der Waals surface area contributed by atoms with Gasteiger partial charge in [-0.05, 0) is 34.7 Å². The van der Waals surface area contributed by atoms with Crippen molar-refractivity contribution in [3.05, 3.63) is 26.3 Å². The zero-order chi connectivity index (χ0) is 9.84. The van der Waals surface area contributed by atoms with Crippen LogP contribution < -0.4 is 4.74 Å². The predicted molar refractivity (Wildman–Crippen MR) is 60.0 cm³/mol. The van der Waals surface area contributed by atoms with Crippen LogP contribution in [0.1, 0.15) is 5.56 Å². The maximum absolute atomic E-state index is 8.59. The Morgan fingerprint density at radius 3 is 2.85 bits per heavy atom. The minimum Gasteiger partial charge on any atom is -0.496 e. The summed E-state index contributed by atoms with van der Waals surface area (Å²) < 4.78 is 6.08. The Labute approximate surface area is 95.6 Å². The number of ether oxygens (including phenoxy) is 1. The van der Waals surface area contributed by atoms with Gasteiger partial charge in [0.05, 0.1) is 19.6 Å². The van der Waals surface area contributed by atoms with Gasteiger partial charge in [-0.1, -0.05) is 11.6 Å². The van der Waals surface area contributed by atoms with Crippen molar-refractivity contribution < 1.29 is 4.74 Å². The third-order valence-electron chi connectivity index (χ3n) is 1.60. The molecule has 0 atom stereocenters. The van der Waals surface area contributed by atoms with E-state index in [0.717, 1.165) is 9.13 Å². The van der Waals surface area contributed by atoms with Crippen molar-refractivity contribution in [1.29, 1.82) is 5.26 Å². The molecule has 0 aromatic heterocycles. The summed E-state index contributed by atoms with van der Waals surface area (Å²) in [6, 6.07) is 5.63. The standard InChI is InChI=1S/C9H7ClINO/c1-13-9-5-6(10)4-8(11)7(9)2-3-12/h4-5H,2H2,1H3. The SMILES string of the molecule is COc1cc(Cl)cc(I)c1CC#N. The monoisotopic (exact) mass is 307 g/mol. The van der Waals surface area contributed by atoms with Gasteiger partial charge < -0.3 is 4.74 Å². The molecule has 68 valence electrons. The zero-order valence-corrected chi connectivity index (χ0v) is 9.89. The molecule has 0 heterocycles. The summed E-state index contributed by atoms with van der Waals surface area (Å²) in [6.45, 7) is 0. The van der Waals surface area contributed by atoms with Gasteiger partial charge in [0.2, 0.25) is 0 Å². The average Bonchev–Trinajstić information content (AvgIpc) is 2.09. The fourth-order valence-electron chi connectivity index (χ4n) is 1.01. The first-order chi connectivity index (χ1) is 6.19. The molecule has 0 aliphatic rings. The van der Waals surface area contributed by atoms with Crippen LogP contribution in [-0.2, 0) is 6.42 Å². The molecule has 1 aromatic rings. The molecule has 1 aromatic carbocycles. The number of hydrogen-bond acceptors (Lipinski definition) is 2. The number of rotatable bonds is 2. The fourth-order valence-corrected chi connectivity index (χ4v) is 2.20. The molecule has 0 saturated carbocycles. The third-order valence-corrected chi connectivity index (χ3v) is 2.78. The third kappa shape index (κ3) is 2.48. The van der Waals surface area contributed by atoms with Gasteiger partial charge in [-0.3, -0.25) is 0 Å². The highest BCUT2D eigenvalue weighted by Crippen LogP contribution is 2.28. The molecule has 4 heteroatoms. The van der Waals surface area contributed by atoms with Crippen LogP contribution in [0.2, 0.25) is 5.02 Å². The number of nitrogens with zero attached hydrogens (tertiary/aromatic N) is 1. The second kappa shape index (κ2) is 4.68. The van der Waals surface area contributed by atoms with Crippen molar-refractivity contribution in [3.63, 3.8) is 0 Å². The summed E-state index contributed by atoms with van der Waals surface area (Å²) in [5.41, 5.74) is 0.898. The molecule has 0 aliphatic heterocycles. The van der Waals surface area contributed by atoms with E-state index in [1.165, 1.54) is 0 Å². The van der Waals surface area contributed by atoms with Gasteiger partial charge in [0.25, 0.3) is 0 Å². The Hall–Kier alpha value is -0.470. The number of methoxy groups -OCH3 is 1. The summed E-state index contributed by atoms with van der Waals surface area (Å²) in [4.78, 5) is 0. The fraction of sp³-hybridized carbons (Fsp3) is 0.222. The van der Waals surface area contributed by atoms with Gasteiger partial charge in [0, 0.05) is 14.2 Å². The molecule has 0 aliphatic carbocycles. The quantitative estimate of drug-likeness (QED) is 0.787. The van der Waals surface area contributed by atoms with Crippen LogP contribution in [0.25, 0.3) is 0 Å². The molecule has 0 bridgehead atoms. The molecule has 0 saturated heterocycles. The molecule has 13 heavy (non-hydrogen) atoms. The molecular formula is C9H7ClINO. The number of halogens is 2. The van der Waals surface area contributed by atoms with Crippen molar-refractivity contribution in [2.24, 2.45) is 0 Å². The van der Waals surface area contributed by atoms with E-state index in [9.17, 15) is 0 Å². The van der Waals surface area contributed by atoms with Crippen molar-refractivity contribution in [1.82, 2.24) is 0 Å². The topological polar surface area (TPSA) is 33.0 Å². The Kier molecular flexibility index (Phi) is 3.82. The molecule has 0 fully saturated rings. The van der Waals surface area contributed by atoms with E-state index in [2.05, 4.69) is 28.7 Å². The first-order valence-electron chi connectivity index (χ1n) is 3.58. The van der Waals surface area contributed by atoms with Crippen LogP contribution in [0.15, 0.2) is 12.1 Å². The predicted octanol–water partition coefficient (Wildman–Crippen LogP) is 3.02. The van der Waals surface area contributed by atoms with Crippen LogP contribution in [0.3, 0.4) is 0 Å². The first-order valence-corrected chi connectivity index (χ1v) is 5.03. The maximum Gasteiger partial charge on any atom is 0.125 e. The summed E-state index contributed by atoms with van der Waals surface area (Å²) in [7, 11) is 1.57. The van der Waals surface area contributed by atoms with E-state index in [1.807, 2.05) is 6.07 Å². The van der Waals surface area contributed by atoms with Crippen molar-refractivity contribution >= 4 is 34.2 Å². The van der Waals surface area contributed by atoms with Gasteiger partial charge in [-0.15, -0.1) is 0 Å². The van der Waals surface area contributed by atoms with E-state index in [-0.39, 0.29) is 0 Å². The first kappa shape index (κ1) is 10.6. The number of benzene rings is 1. The largest absolute Gasteiger partial charge is 0.496 e. The lowest BCUT2D eigenvalue weighted by atomic mass is 10.1. The lowest BCUT2D eigenvalue weighted by Gasteiger charge is -2.07. The van der Waals surface area contributed by atoms with E-state index in [1.54, 1.807) is 13.2 Å². The molecule has 0 unspecified atom stereocenters. The molecule has 0 N–H and O–H groups in total. The van der Waals surface area contributed by atoms with Gasteiger partial charge in [-0.25, -0.2) is 0 Å². The van der Waals surface area contributed by atoms with E-state index < -0.39 is 0 Å². The van der Waals surface area contributed by atoms with E-state index >= 15 is 0 Å². The Bertz CT molecular complexity index is 359. The number of hydrogen-bond donors (Lipinski definition) is 0. The highest BCUT2D eigenvalue weighted by molar-refractivity contribution is 14.1. The Morgan fingerprint density at radius 1 is 1.62 bits per heavy atom. The summed E-state index contributed by atoms with van der Waals surface area (Å²) in [6.07, 6.45) is 0.346. The summed E-state index contributed by atoms with van der Waals surface area (Å²) in [5.74, 6) is 0.679. The summed E-state index contributed by atoms with van der Waals surface area (Å²) in [5, 5.41) is 9.22. The lowest BCUT2D eigenvalue weighted by Crippen LogP contribution is -1.94. The van der Waals surface area contributed by atoms with Gasteiger partial charge >= 0.3 is 0 Å². The smallest absolute Gasteiger partial charge is 0.125 e. The van der Waals surface area contributed by atoms with Crippen molar-refractivity contribution in [2.45, 2.75) is 6.42 Å². The van der Waals surface area contributed by atoms with Gasteiger partial charge in [0.1, 0.15) is 5.75 Å². The Morgan fingerprint density at radius 2 is 2.31 bits per heavy atom. The Balaban J connectivity index is 3.23. The van der Waals surface area contributed by atoms with Crippen LogP contribution >= 0.6 is 34.2 Å². The zero-order valence-electron chi connectivity index (χ0n) is 6.97. The minimum absolute atomic E-state index is 0.346. The molecule has 1 rings (SSSR count). The molecular weight excluding hydrogens is 300 g/mol. The maximum atomic E-state index is 8.59. The lowest BCUT2D eigenvalue weighted by molar-refractivity contribution is 0.410. The molecule has 0 amide bonds. The van der Waals surface area contributed by atoms with E-state index in [4.69, 9.17) is 21.6 Å². The van der Waals surface area contributed by atoms with Gasteiger partial charge in [0.15, 0.2) is 0 Å². The number of nitriles is 1. The van der Waals surface area contributed by atoms with E-state index in [0.29, 0.717) is 17.2 Å². The van der Waals surface area contributed by atoms with Crippen LogP contribution in [0, 0.1) is 14.9 Å². The molecule has 2 nitrogen and oxygen atoms in total. The van der Waals surface area contributed by atoms with Crippen LogP contribution in [0.4, 0.5) is 0 Å². The highest BCUT2D eigenvalue weighted by atomic mass is 127. The normalized spacial score (nSPS) is 9.38. The van der Waals surface area contributed by atoms with Gasteiger partial charge in [-0.2, -0.15) is 5.26 Å². The highest BCUT2D eigenvalue weighted by Gasteiger charge is 2.08. The summed E-state index contributed by atoms with van der Waals surface area (Å²) >= 11 is 7.98. The van der Waals surface area contributed by atoms with Crippen molar-refractivity contribution in [2.75, 3.05) is 7.11 Å². The second-order valence-corrected chi connectivity index (χ2v) is 4.00. The second-order valence-electron chi connectivity index (χ2n) is 2.40. The minimum atomic E-state index is 0.346. The molecule has 0 spiro atoms. The van der Waals surface area contributed by atoms with Crippen LogP contribution in [-0.4, -0.2) is 7.11 Å². The molecule has 0 radical (unpaired) electrons. The van der Waals surface area contributed by atoms with Crippen LogP contribution in [0.5, 0.6) is 5.75 Å².